The van der Waals surface area contributed by atoms with Crippen molar-refractivity contribution in [3.05, 3.63) is 30.6 Å². The molecule has 0 unspecified atom stereocenters. The number of benzene rings is 1. The lowest BCUT2D eigenvalue weighted by Gasteiger charge is -2.22. The molecule has 1 aliphatic rings. The van der Waals surface area contributed by atoms with Crippen LogP contribution in [0, 0.1) is 0 Å². The molecule has 3 rings (SSSR count). The lowest BCUT2D eigenvalue weighted by molar-refractivity contribution is -0.124. The first kappa shape index (κ1) is 14.0. The van der Waals surface area contributed by atoms with Gasteiger partial charge in [0.25, 0.3) is 0 Å². The maximum absolute atomic E-state index is 12.0. The largest absolute Gasteiger partial charge is 0.354 e. The summed E-state index contributed by atoms with van der Waals surface area (Å²) in [5.41, 5.74) is 1.31. The summed E-state index contributed by atoms with van der Waals surface area (Å²) < 4.78 is 1.48. The van der Waals surface area contributed by atoms with E-state index in [0.717, 1.165) is 12.1 Å². The monoisotopic (exact) mass is 301 g/mol. The zero-order chi connectivity index (χ0) is 15.4. The smallest absolute Gasteiger partial charge is 0.319 e. The second-order valence-electron chi connectivity index (χ2n) is 4.89. The van der Waals surface area contributed by atoms with Crippen molar-refractivity contribution >= 4 is 17.6 Å². The maximum atomic E-state index is 12.0. The fourth-order valence-corrected chi connectivity index (χ4v) is 2.24. The second-order valence-corrected chi connectivity index (χ2v) is 4.89. The molecule has 3 N–H and O–H groups in total. The van der Waals surface area contributed by atoms with Gasteiger partial charge in [-0.3, -0.25) is 4.79 Å². The summed E-state index contributed by atoms with van der Waals surface area (Å²) in [7, 11) is 0. The fourth-order valence-electron chi connectivity index (χ4n) is 2.24. The van der Waals surface area contributed by atoms with Gasteiger partial charge in [-0.25, -0.2) is 9.48 Å². The lowest BCUT2D eigenvalue weighted by atomic mass is 10.1. The van der Waals surface area contributed by atoms with E-state index >= 15 is 0 Å². The minimum atomic E-state index is -0.489. The minimum Gasteiger partial charge on any atom is -0.354 e. The van der Waals surface area contributed by atoms with E-state index in [-0.39, 0.29) is 5.91 Å². The van der Waals surface area contributed by atoms with Crippen LogP contribution in [0.4, 0.5) is 10.5 Å². The number of rotatable bonds is 3. The van der Waals surface area contributed by atoms with E-state index in [1.54, 1.807) is 18.2 Å². The van der Waals surface area contributed by atoms with E-state index in [1.165, 1.54) is 11.0 Å². The molecule has 3 amide bonds. The first-order valence-electron chi connectivity index (χ1n) is 6.91. The van der Waals surface area contributed by atoms with Gasteiger partial charge in [0.1, 0.15) is 12.4 Å². The van der Waals surface area contributed by atoms with Crippen molar-refractivity contribution < 1.29 is 9.59 Å². The highest BCUT2D eigenvalue weighted by molar-refractivity contribution is 5.94. The first-order chi connectivity index (χ1) is 10.7. The van der Waals surface area contributed by atoms with Crippen molar-refractivity contribution in [1.29, 1.82) is 0 Å². The third-order valence-electron chi connectivity index (χ3n) is 3.31. The molecule has 2 heterocycles. The molecule has 1 aromatic heterocycles. The SMILES string of the molecule is O=C(Nc1cccc(-n2cnnn2)c1)N[C@@H]1CCCNC1=O. The van der Waals surface area contributed by atoms with Gasteiger partial charge in [0.05, 0.1) is 5.69 Å². The van der Waals surface area contributed by atoms with Crippen molar-refractivity contribution in [2.45, 2.75) is 18.9 Å². The molecule has 2 aromatic rings. The Hall–Kier alpha value is -2.97. The molecular weight excluding hydrogens is 286 g/mol. The number of aromatic nitrogens is 4. The third kappa shape index (κ3) is 3.19. The Morgan fingerprint density at radius 3 is 3.09 bits per heavy atom. The average molecular weight is 301 g/mol. The normalized spacial score (nSPS) is 17.6. The van der Waals surface area contributed by atoms with E-state index in [2.05, 4.69) is 31.5 Å². The van der Waals surface area contributed by atoms with Gasteiger partial charge in [0, 0.05) is 12.2 Å². The van der Waals surface area contributed by atoms with Crippen LogP contribution < -0.4 is 16.0 Å². The van der Waals surface area contributed by atoms with Crippen LogP contribution in [0.2, 0.25) is 0 Å². The van der Waals surface area contributed by atoms with Crippen LogP contribution in [-0.2, 0) is 4.79 Å². The fraction of sp³-hybridized carbons (Fsp3) is 0.308. The second kappa shape index (κ2) is 6.20. The van der Waals surface area contributed by atoms with Crippen molar-refractivity contribution in [3.63, 3.8) is 0 Å². The van der Waals surface area contributed by atoms with Crippen molar-refractivity contribution in [2.24, 2.45) is 0 Å². The average Bonchev–Trinajstić information content (AvgIpc) is 3.04. The topological polar surface area (TPSA) is 114 Å². The number of carbonyl (C=O) groups is 2. The zero-order valence-corrected chi connectivity index (χ0v) is 11.7. The zero-order valence-electron chi connectivity index (χ0n) is 11.7. The van der Waals surface area contributed by atoms with Gasteiger partial charge >= 0.3 is 6.03 Å². The summed E-state index contributed by atoms with van der Waals surface area (Å²) in [6, 6.07) is 6.16. The Labute approximate surface area is 126 Å². The van der Waals surface area contributed by atoms with E-state index in [9.17, 15) is 9.59 Å². The summed E-state index contributed by atoms with van der Waals surface area (Å²) in [5.74, 6) is -0.149. The quantitative estimate of drug-likeness (QED) is 0.742. The summed E-state index contributed by atoms with van der Waals surface area (Å²) in [6.07, 6.45) is 2.96. The summed E-state index contributed by atoms with van der Waals surface area (Å²) in [5, 5.41) is 19.0. The van der Waals surface area contributed by atoms with Crippen LogP contribution in [-0.4, -0.2) is 44.7 Å². The number of nitrogens with one attached hydrogen (secondary N) is 3. The number of anilines is 1. The van der Waals surface area contributed by atoms with Gasteiger partial charge in [0.2, 0.25) is 5.91 Å². The molecule has 22 heavy (non-hydrogen) atoms. The highest BCUT2D eigenvalue weighted by Crippen LogP contribution is 2.13. The molecule has 9 heteroatoms. The molecule has 0 radical (unpaired) electrons. The Kier molecular flexibility index (Phi) is 3.95. The highest BCUT2D eigenvalue weighted by Gasteiger charge is 2.23. The van der Waals surface area contributed by atoms with Crippen molar-refractivity contribution in [1.82, 2.24) is 30.8 Å². The summed E-state index contributed by atoms with van der Waals surface area (Å²) in [6.45, 7) is 0.659. The molecule has 0 saturated carbocycles. The Morgan fingerprint density at radius 2 is 2.32 bits per heavy atom. The number of hydrogen-bond donors (Lipinski definition) is 3. The number of piperidine rings is 1. The van der Waals surface area contributed by atoms with Crippen LogP contribution in [0.5, 0.6) is 0 Å². The molecule has 1 aromatic carbocycles. The van der Waals surface area contributed by atoms with Gasteiger partial charge in [-0.05, 0) is 41.5 Å². The third-order valence-corrected chi connectivity index (χ3v) is 3.31. The van der Waals surface area contributed by atoms with E-state index in [0.29, 0.717) is 18.7 Å². The molecule has 1 fully saturated rings. The Balaban J connectivity index is 1.64. The maximum Gasteiger partial charge on any atom is 0.319 e. The van der Waals surface area contributed by atoms with Crippen LogP contribution >= 0.6 is 0 Å². The van der Waals surface area contributed by atoms with Crippen LogP contribution in [0.15, 0.2) is 30.6 Å². The summed E-state index contributed by atoms with van der Waals surface area (Å²) >= 11 is 0. The molecule has 114 valence electrons. The number of nitrogens with zero attached hydrogens (tertiary/aromatic N) is 4. The predicted molar refractivity (Wildman–Crippen MR) is 77.3 cm³/mol. The van der Waals surface area contributed by atoms with Crippen molar-refractivity contribution in [3.8, 4) is 5.69 Å². The number of carbonyl (C=O) groups excluding carboxylic acids is 2. The first-order valence-corrected chi connectivity index (χ1v) is 6.91. The highest BCUT2D eigenvalue weighted by atomic mass is 16.2. The molecule has 0 bridgehead atoms. The van der Waals surface area contributed by atoms with E-state index in [4.69, 9.17) is 0 Å². The lowest BCUT2D eigenvalue weighted by Crippen LogP contribution is -2.51. The van der Waals surface area contributed by atoms with Gasteiger partial charge in [0.15, 0.2) is 0 Å². The van der Waals surface area contributed by atoms with Gasteiger partial charge in [-0.2, -0.15) is 0 Å². The van der Waals surface area contributed by atoms with Crippen LogP contribution in [0.25, 0.3) is 5.69 Å². The number of tetrazole rings is 1. The summed E-state index contributed by atoms with van der Waals surface area (Å²) in [4.78, 5) is 23.6. The molecule has 1 saturated heterocycles. The predicted octanol–water partition coefficient (Wildman–Crippen LogP) is 0.0624. The molecule has 1 aliphatic heterocycles. The number of amides is 3. The van der Waals surface area contributed by atoms with E-state index < -0.39 is 12.1 Å². The van der Waals surface area contributed by atoms with Crippen molar-refractivity contribution in [2.75, 3.05) is 11.9 Å². The minimum absolute atomic E-state index is 0.149. The molecule has 9 nitrogen and oxygen atoms in total. The number of urea groups is 1. The van der Waals surface area contributed by atoms with Gasteiger partial charge in [-0.1, -0.05) is 6.07 Å². The van der Waals surface area contributed by atoms with Gasteiger partial charge < -0.3 is 16.0 Å². The number of hydrogen-bond acceptors (Lipinski definition) is 5. The van der Waals surface area contributed by atoms with E-state index in [1.807, 2.05) is 6.07 Å². The molecular formula is C13H15N7O2. The molecule has 0 spiro atoms. The Bertz CT molecular complexity index is 671. The molecule has 1 atom stereocenters. The standard InChI is InChI=1S/C13H15N7O2/c21-12-11(5-2-6-14-12)17-13(22)16-9-3-1-4-10(7-9)20-8-15-18-19-20/h1,3-4,7-8,11H,2,5-6H2,(H,14,21)(H2,16,17,22)/t11-/m1/s1. The Morgan fingerprint density at radius 1 is 1.41 bits per heavy atom. The molecule has 0 aliphatic carbocycles. The van der Waals surface area contributed by atoms with Gasteiger partial charge in [-0.15, -0.1) is 5.10 Å². The van der Waals surface area contributed by atoms with Crippen LogP contribution in [0.1, 0.15) is 12.8 Å². The van der Waals surface area contributed by atoms with Crippen LogP contribution in [0.3, 0.4) is 0 Å².